The summed E-state index contributed by atoms with van der Waals surface area (Å²) in [5.74, 6) is 0.0688. The van der Waals surface area contributed by atoms with E-state index in [1.54, 1.807) is 29.2 Å². The number of nitrogens with zero attached hydrogens (tertiary/aromatic N) is 1. The lowest BCUT2D eigenvalue weighted by Crippen LogP contribution is -2.31. The highest BCUT2D eigenvalue weighted by Gasteiger charge is 2.13. The molecule has 0 radical (unpaired) electrons. The third-order valence-corrected chi connectivity index (χ3v) is 4.21. The number of anilines is 1. The standard InChI is InChI=1S/C14H22N2O3S/c1-4-16(5-2)14(17)10-11-15-12-8-6-7-9-13(12)20(3,18)19/h6-9,15H,4-5,10-11H2,1-3H3. The molecule has 1 amide bonds. The molecule has 6 heteroatoms. The van der Waals surface area contributed by atoms with E-state index < -0.39 is 9.84 Å². The number of amides is 1. The Morgan fingerprint density at radius 3 is 2.35 bits per heavy atom. The van der Waals surface area contributed by atoms with Gasteiger partial charge in [-0.25, -0.2) is 8.42 Å². The summed E-state index contributed by atoms with van der Waals surface area (Å²) in [6.07, 6.45) is 1.52. The maximum absolute atomic E-state index is 11.8. The van der Waals surface area contributed by atoms with Crippen LogP contribution in [-0.2, 0) is 14.6 Å². The van der Waals surface area contributed by atoms with Gasteiger partial charge in [-0.2, -0.15) is 0 Å². The van der Waals surface area contributed by atoms with Gasteiger partial charge in [0.15, 0.2) is 9.84 Å². The van der Waals surface area contributed by atoms with Crippen LogP contribution in [0.3, 0.4) is 0 Å². The van der Waals surface area contributed by atoms with Crippen LogP contribution in [-0.4, -0.2) is 45.1 Å². The zero-order chi connectivity index (χ0) is 15.2. The van der Waals surface area contributed by atoms with Crippen molar-refractivity contribution in [3.05, 3.63) is 24.3 Å². The third kappa shape index (κ3) is 4.52. The van der Waals surface area contributed by atoms with Crippen molar-refractivity contribution in [2.75, 3.05) is 31.2 Å². The fraction of sp³-hybridized carbons (Fsp3) is 0.500. The second-order valence-corrected chi connectivity index (χ2v) is 6.50. The number of carbonyl (C=O) groups is 1. The van der Waals surface area contributed by atoms with Crippen molar-refractivity contribution >= 4 is 21.4 Å². The van der Waals surface area contributed by atoms with Crippen molar-refractivity contribution in [3.63, 3.8) is 0 Å². The molecule has 0 bridgehead atoms. The Kier molecular flexibility index (Phi) is 6.01. The summed E-state index contributed by atoms with van der Waals surface area (Å²) in [7, 11) is -3.27. The van der Waals surface area contributed by atoms with Crippen molar-refractivity contribution in [1.82, 2.24) is 4.90 Å². The second kappa shape index (κ2) is 7.28. The van der Waals surface area contributed by atoms with Crippen molar-refractivity contribution in [3.8, 4) is 0 Å². The minimum atomic E-state index is -3.27. The monoisotopic (exact) mass is 298 g/mol. The van der Waals surface area contributed by atoms with Crippen molar-refractivity contribution in [2.24, 2.45) is 0 Å². The van der Waals surface area contributed by atoms with Crippen molar-refractivity contribution in [2.45, 2.75) is 25.2 Å². The van der Waals surface area contributed by atoms with Gasteiger partial charge in [0.05, 0.1) is 10.6 Å². The highest BCUT2D eigenvalue weighted by molar-refractivity contribution is 7.90. The quantitative estimate of drug-likeness (QED) is 0.833. The van der Waals surface area contributed by atoms with E-state index in [0.29, 0.717) is 31.7 Å². The maximum Gasteiger partial charge on any atom is 0.224 e. The Morgan fingerprint density at radius 1 is 1.20 bits per heavy atom. The maximum atomic E-state index is 11.8. The van der Waals surface area contributed by atoms with E-state index in [1.807, 2.05) is 13.8 Å². The van der Waals surface area contributed by atoms with E-state index in [0.717, 1.165) is 0 Å². The highest BCUT2D eigenvalue weighted by atomic mass is 32.2. The Bertz CT molecular complexity index is 551. The van der Waals surface area contributed by atoms with Gasteiger partial charge in [0.2, 0.25) is 5.91 Å². The van der Waals surface area contributed by atoms with Crippen LogP contribution in [0.2, 0.25) is 0 Å². The van der Waals surface area contributed by atoms with Crippen LogP contribution in [0.15, 0.2) is 29.2 Å². The van der Waals surface area contributed by atoms with Crippen LogP contribution in [0.25, 0.3) is 0 Å². The lowest BCUT2D eigenvalue weighted by atomic mass is 10.3. The van der Waals surface area contributed by atoms with Gasteiger partial charge in [-0.1, -0.05) is 12.1 Å². The summed E-state index contributed by atoms with van der Waals surface area (Å²) in [6, 6.07) is 6.72. The molecule has 0 aromatic heterocycles. The van der Waals surface area contributed by atoms with Gasteiger partial charge < -0.3 is 10.2 Å². The highest BCUT2D eigenvalue weighted by Crippen LogP contribution is 2.20. The van der Waals surface area contributed by atoms with Gasteiger partial charge in [-0.3, -0.25) is 4.79 Å². The number of benzene rings is 1. The van der Waals surface area contributed by atoms with Crippen molar-refractivity contribution < 1.29 is 13.2 Å². The van der Waals surface area contributed by atoms with E-state index >= 15 is 0 Å². The Hall–Kier alpha value is -1.56. The molecule has 0 heterocycles. The first-order valence-corrected chi connectivity index (χ1v) is 8.60. The van der Waals surface area contributed by atoms with E-state index in [4.69, 9.17) is 0 Å². The first-order chi connectivity index (χ1) is 9.40. The molecule has 0 saturated heterocycles. The number of hydrogen-bond acceptors (Lipinski definition) is 4. The molecule has 0 fully saturated rings. The topological polar surface area (TPSA) is 66.5 Å². The molecule has 0 saturated carbocycles. The number of hydrogen-bond donors (Lipinski definition) is 1. The number of sulfone groups is 1. The molecule has 0 spiro atoms. The fourth-order valence-corrected chi connectivity index (χ4v) is 2.84. The van der Waals surface area contributed by atoms with Gasteiger partial charge in [0.1, 0.15) is 0 Å². The predicted octanol–water partition coefficient (Wildman–Crippen LogP) is 1.76. The molecule has 0 atom stereocenters. The zero-order valence-corrected chi connectivity index (χ0v) is 13.0. The summed E-state index contributed by atoms with van der Waals surface area (Å²) in [6.45, 7) is 5.67. The van der Waals surface area contributed by atoms with Gasteiger partial charge in [0.25, 0.3) is 0 Å². The molecule has 1 aromatic rings. The molecule has 0 aliphatic rings. The molecular formula is C14H22N2O3S. The molecule has 20 heavy (non-hydrogen) atoms. The Morgan fingerprint density at radius 2 is 1.80 bits per heavy atom. The minimum absolute atomic E-state index is 0.0688. The molecule has 0 unspecified atom stereocenters. The van der Waals surface area contributed by atoms with Crippen LogP contribution in [0.5, 0.6) is 0 Å². The summed E-state index contributed by atoms with van der Waals surface area (Å²) < 4.78 is 23.3. The molecule has 0 aliphatic heterocycles. The second-order valence-electron chi connectivity index (χ2n) is 4.51. The summed E-state index contributed by atoms with van der Waals surface area (Å²) in [5.41, 5.74) is 0.544. The largest absolute Gasteiger partial charge is 0.383 e. The van der Waals surface area contributed by atoms with Crippen molar-refractivity contribution in [1.29, 1.82) is 0 Å². The van der Waals surface area contributed by atoms with Crippen LogP contribution in [0.1, 0.15) is 20.3 Å². The first-order valence-electron chi connectivity index (χ1n) is 6.70. The lowest BCUT2D eigenvalue weighted by Gasteiger charge is -2.19. The third-order valence-electron chi connectivity index (χ3n) is 3.06. The number of rotatable bonds is 7. The van der Waals surface area contributed by atoms with E-state index in [1.165, 1.54) is 6.26 Å². The van der Waals surface area contributed by atoms with Gasteiger partial charge in [-0.15, -0.1) is 0 Å². The van der Waals surface area contributed by atoms with Crippen LogP contribution >= 0.6 is 0 Å². The summed E-state index contributed by atoms with van der Waals surface area (Å²) in [4.78, 5) is 13.9. The average Bonchev–Trinajstić information content (AvgIpc) is 2.39. The molecule has 0 aliphatic carbocycles. The van der Waals surface area contributed by atoms with Crippen LogP contribution in [0, 0.1) is 0 Å². The number of nitrogens with one attached hydrogen (secondary N) is 1. The smallest absolute Gasteiger partial charge is 0.224 e. The molecule has 112 valence electrons. The van der Waals surface area contributed by atoms with Gasteiger partial charge >= 0.3 is 0 Å². The summed E-state index contributed by atoms with van der Waals surface area (Å²) >= 11 is 0. The first kappa shape index (κ1) is 16.5. The molecule has 5 nitrogen and oxygen atoms in total. The molecular weight excluding hydrogens is 276 g/mol. The van der Waals surface area contributed by atoms with Crippen LogP contribution < -0.4 is 5.32 Å². The minimum Gasteiger partial charge on any atom is -0.383 e. The fourth-order valence-electron chi connectivity index (χ4n) is 1.97. The van der Waals surface area contributed by atoms with E-state index in [9.17, 15) is 13.2 Å². The van der Waals surface area contributed by atoms with Gasteiger partial charge in [-0.05, 0) is 26.0 Å². The van der Waals surface area contributed by atoms with E-state index in [-0.39, 0.29) is 10.8 Å². The Labute approximate surface area is 120 Å². The normalized spacial score (nSPS) is 11.2. The number of para-hydroxylation sites is 1. The Balaban J connectivity index is 2.66. The lowest BCUT2D eigenvalue weighted by molar-refractivity contribution is -0.130. The predicted molar refractivity (Wildman–Crippen MR) is 80.6 cm³/mol. The van der Waals surface area contributed by atoms with E-state index in [2.05, 4.69) is 5.32 Å². The van der Waals surface area contributed by atoms with Gasteiger partial charge in [0, 0.05) is 32.3 Å². The SMILES string of the molecule is CCN(CC)C(=O)CCNc1ccccc1S(C)(=O)=O. The summed E-state index contributed by atoms with van der Waals surface area (Å²) in [5, 5.41) is 3.03. The van der Waals surface area contributed by atoms with Crippen LogP contribution in [0.4, 0.5) is 5.69 Å². The molecule has 1 rings (SSSR count). The zero-order valence-electron chi connectivity index (χ0n) is 12.2. The number of carbonyl (C=O) groups excluding carboxylic acids is 1. The molecule has 1 N–H and O–H groups in total. The average molecular weight is 298 g/mol. The molecule has 1 aromatic carbocycles.